The lowest BCUT2D eigenvalue weighted by atomic mass is 10.1. The molecule has 5 nitrogen and oxygen atoms in total. The van der Waals surface area contributed by atoms with Crippen LogP contribution in [0.2, 0.25) is 0 Å². The number of imidazole rings is 1. The summed E-state index contributed by atoms with van der Waals surface area (Å²) >= 11 is 0. The molecule has 0 fully saturated rings. The molecule has 0 atom stereocenters. The van der Waals surface area contributed by atoms with E-state index in [1.807, 2.05) is 0 Å². The monoisotopic (exact) mass is 351 g/mol. The minimum atomic E-state index is -4.38. The summed E-state index contributed by atoms with van der Waals surface area (Å²) in [5.74, 6) is 1.12. The normalized spacial score (nSPS) is 11.7. The summed E-state index contributed by atoms with van der Waals surface area (Å²) in [5, 5.41) is 3.75. The van der Waals surface area contributed by atoms with Crippen molar-refractivity contribution in [3.63, 3.8) is 0 Å². The third kappa shape index (κ3) is 4.20. The summed E-state index contributed by atoms with van der Waals surface area (Å²) in [6.45, 7) is 2.02. The molecule has 0 radical (unpaired) electrons. The Balaban J connectivity index is 1.65. The maximum absolute atomic E-state index is 12.7. The number of alkyl halides is 3. The Labute approximate surface area is 141 Å². The van der Waals surface area contributed by atoms with Crippen LogP contribution in [0.5, 0.6) is 5.88 Å². The van der Waals surface area contributed by atoms with Crippen LogP contribution in [0.3, 0.4) is 0 Å². The minimum absolute atomic E-state index is 0.0465. The molecule has 25 heavy (non-hydrogen) atoms. The van der Waals surface area contributed by atoms with Crippen molar-refractivity contribution in [2.24, 2.45) is 0 Å². The highest BCUT2D eigenvalue weighted by molar-refractivity contribution is 5.48. The number of aromatic nitrogens is 3. The molecule has 132 valence electrons. The standard InChI is InChI=1S/C17H16F3N3O2/c1-2-4-13-9-21-16(22-13)14-8-15(23-25-14)24-10-11-5-3-6-12(7-11)17(18,19)20/h3,5-9H,2,4,10H2,1H3,(H,21,22). The first-order chi connectivity index (χ1) is 12.0. The number of rotatable bonds is 6. The minimum Gasteiger partial charge on any atom is -0.471 e. The Hall–Kier alpha value is -2.77. The van der Waals surface area contributed by atoms with Gasteiger partial charge in [0, 0.05) is 11.9 Å². The van der Waals surface area contributed by atoms with E-state index in [2.05, 4.69) is 22.0 Å². The van der Waals surface area contributed by atoms with Crippen LogP contribution in [-0.2, 0) is 19.2 Å². The number of hydrogen-bond acceptors (Lipinski definition) is 4. The smallest absolute Gasteiger partial charge is 0.416 e. The second kappa shape index (κ2) is 7.00. The van der Waals surface area contributed by atoms with Crippen molar-refractivity contribution in [2.75, 3.05) is 0 Å². The van der Waals surface area contributed by atoms with Crippen LogP contribution in [-0.4, -0.2) is 15.1 Å². The molecule has 0 aliphatic rings. The SMILES string of the molecule is CCCc1cnc(-c2cc(OCc3cccc(C(F)(F)F)c3)no2)[nH]1. The molecule has 0 unspecified atom stereocenters. The third-order valence-corrected chi connectivity index (χ3v) is 3.51. The summed E-state index contributed by atoms with van der Waals surface area (Å²) in [5.41, 5.74) is 0.663. The molecule has 1 aromatic carbocycles. The van der Waals surface area contributed by atoms with Gasteiger partial charge in [0.2, 0.25) is 5.76 Å². The van der Waals surface area contributed by atoms with Gasteiger partial charge in [0.05, 0.1) is 11.6 Å². The number of aromatic amines is 1. The largest absolute Gasteiger partial charge is 0.471 e. The van der Waals surface area contributed by atoms with E-state index >= 15 is 0 Å². The fourth-order valence-electron chi connectivity index (χ4n) is 2.31. The van der Waals surface area contributed by atoms with Crippen LogP contribution in [0.4, 0.5) is 13.2 Å². The van der Waals surface area contributed by atoms with Crippen molar-refractivity contribution >= 4 is 0 Å². The average molecular weight is 351 g/mol. The Bertz CT molecular complexity index is 840. The first-order valence-electron chi connectivity index (χ1n) is 7.75. The maximum atomic E-state index is 12.7. The second-order valence-electron chi connectivity index (χ2n) is 5.52. The van der Waals surface area contributed by atoms with Crippen LogP contribution in [0, 0.1) is 0 Å². The zero-order chi connectivity index (χ0) is 17.9. The van der Waals surface area contributed by atoms with Crippen LogP contribution < -0.4 is 4.74 Å². The highest BCUT2D eigenvalue weighted by Crippen LogP contribution is 2.30. The number of ether oxygens (including phenoxy) is 1. The molecule has 0 saturated carbocycles. The zero-order valence-corrected chi connectivity index (χ0v) is 13.4. The van der Waals surface area contributed by atoms with Crippen molar-refractivity contribution in [3.8, 4) is 17.5 Å². The highest BCUT2D eigenvalue weighted by atomic mass is 19.4. The number of aryl methyl sites for hydroxylation is 1. The molecular formula is C17H16F3N3O2. The molecule has 0 saturated heterocycles. The van der Waals surface area contributed by atoms with E-state index in [0.29, 0.717) is 17.1 Å². The molecule has 8 heteroatoms. The second-order valence-corrected chi connectivity index (χ2v) is 5.52. The molecule has 2 heterocycles. The van der Waals surface area contributed by atoms with E-state index in [9.17, 15) is 13.2 Å². The van der Waals surface area contributed by atoms with Gasteiger partial charge in [-0.1, -0.05) is 25.5 Å². The molecule has 0 aliphatic heterocycles. The van der Waals surface area contributed by atoms with Crippen LogP contribution >= 0.6 is 0 Å². The molecular weight excluding hydrogens is 335 g/mol. The lowest BCUT2D eigenvalue weighted by Gasteiger charge is -2.08. The lowest BCUT2D eigenvalue weighted by Crippen LogP contribution is -2.06. The molecule has 3 aromatic rings. The van der Waals surface area contributed by atoms with Gasteiger partial charge in [-0.15, -0.1) is 0 Å². The van der Waals surface area contributed by atoms with Crippen LogP contribution in [0.25, 0.3) is 11.6 Å². The Kier molecular flexibility index (Phi) is 4.78. The van der Waals surface area contributed by atoms with Gasteiger partial charge in [0.1, 0.15) is 6.61 Å². The quantitative estimate of drug-likeness (QED) is 0.704. The Morgan fingerprint density at radius 3 is 2.84 bits per heavy atom. The third-order valence-electron chi connectivity index (χ3n) is 3.51. The van der Waals surface area contributed by atoms with Crippen molar-refractivity contribution < 1.29 is 22.4 Å². The topological polar surface area (TPSA) is 63.9 Å². The Morgan fingerprint density at radius 1 is 1.24 bits per heavy atom. The zero-order valence-electron chi connectivity index (χ0n) is 13.4. The van der Waals surface area contributed by atoms with Gasteiger partial charge in [-0.05, 0) is 29.3 Å². The maximum Gasteiger partial charge on any atom is 0.416 e. The van der Waals surface area contributed by atoms with Crippen LogP contribution in [0.15, 0.2) is 41.1 Å². The van der Waals surface area contributed by atoms with Gasteiger partial charge in [-0.25, -0.2) is 4.98 Å². The van der Waals surface area contributed by atoms with Gasteiger partial charge in [-0.2, -0.15) is 13.2 Å². The lowest BCUT2D eigenvalue weighted by molar-refractivity contribution is -0.137. The van der Waals surface area contributed by atoms with E-state index in [1.54, 1.807) is 18.3 Å². The number of hydrogen-bond donors (Lipinski definition) is 1. The van der Waals surface area contributed by atoms with Gasteiger partial charge >= 0.3 is 6.18 Å². The summed E-state index contributed by atoms with van der Waals surface area (Å²) < 4.78 is 48.7. The molecule has 0 amide bonds. The molecule has 0 spiro atoms. The van der Waals surface area contributed by atoms with E-state index in [1.165, 1.54) is 6.07 Å². The van der Waals surface area contributed by atoms with Gasteiger partial charge in [0.15, 0.2) is 5.82 Å². The molecule has 3 rings (SSSR count). The molecule has 0 aliphatic carbocycles. The summed E-state index contributed by atoms with van der Waals surface area (Å²) in [6, 6.07) is 6.50. The number of benzene rings is 1. The van der Waals surface area contributed by atoms with E-state index in [-0.39, 0.29) is 12.5 Å². The number of halogens is 3. The Morgan fingerprint density at radius 2 is 2.08 bits per heavy atom. The molecule has 1 N–H and O–H groups in total. The first kappa shape index (κ1) is 17.1. The van der Waals surface area contributed by atoms with Gasteiger partial charge in [-0.3, -0.25) is 0 Å². The van der Waals surface area contributed by atoms with Crippen molar-refractivity contribution in [3.05, 3.63) is 53.3 Å². The average Bonchev–Trinajstić information content (AvgIpc) is 3.22. The van der Waals surface area contributed by atoms with E-state index in [4.69, 9.17) is 9.26 Å². The predicted octanol–water partition coefficient (Wildman–Crippen LogP) is 4.62. The fourth-order valence-corrected chi connectivity index (χ4v) is 2.31. The van der Waals surface area contributed by atoms with Crippen molar-refractivity contribution in [1.82, 2.24) is 15.1 Å². The number of H-pyrrole nitrogens is 1. The summed E-state index contributed by atoms with van der Waals surface area (Å²) in [4.78, 5) is 7.32. The number of nitrogens with zero attached hydrogens (tertiary/aromatic N) is 2. The summed E-state index contributed by atoms with van der Waals surface area (Å²) in [6.07, 6.45) is -0.791. The van der Waals surface area contributed by atoms with Gasteiger partial charge in [0.25, 0.3) is 5.88 Å². The van der Waals surface area contributed by atoms with Crippen LogP contribution in [0.1, 0.15) is 30.2 Å². The van der Waals surface area contributed by atoms with Crippen molar-refractivity contribution in [2.45, 2.75) is 32.5 Å². The van der Waals surface area contributed by atoms with Crippen molar-refractivity contribution in [1.29, 1.82) is 0 Å². The van der Waals surface area contributed by atoms with Gasteiger partial charge < -0.3 is 14.2 Å². The first-order valence-corrected chi connectivity index (χ1v) is 7.75. The highest BCUT2D eigenvalue weighted by Gasteiger charge is 2.30. The molecule has 2 aromatic heterocycles. The van der Waals surface area contributed by atoms with E-state index < -0.39 is 11.7 Å². The summed E-state index contributed by atoms with van der Waals surface area (Å²) in [7, 11) is 0. The predicted molar refractivity (Wildman–Crippen MR) is 83.9 cm³/mol. The number of nitrogens with one attached hydrogen (secondary N) is 1. The van der Waals surface area contributed by atoms with E-state index in [0.717, 1.165) is 30.7 Å². The fraction of sp³-hybridized carbons (Fsp3) is 0.294. The molecule has 0 bridgehead atoms.